The minimum atomic E-state index is -3.38. The maximum Gasteiger partial charge on any atom is 0.319 e. The van der Waals surface area contributed by atoms with Crippen molar-refractivity contribution >= 4 is 27.4 Å². The maximum absolute atomic E-state index is 12.3. The number of nitrogens with zero attached hydrogens (tertiary/aromatic N) is 1. The Morgan fingerprint density at radius 3 is 2.58 bits per heavy atom. The number of rotatable bonds is 6. The zero-order valence-electron chi connectivity index (χ0n) is 15.3. The molecule has 1 aromatic carbocycles. The molecule has 7 nitrogen and oxygen atoms in total. The second-order valence-electron chi connectivity index (χ2n) is 6.37. The van der Waals surface area contributed by atoms with Gasteiger partial charge in [0.15, 0.2) is 0 Å². The number of aryl methyl sites for hydroxylation is 2. The van der Waals surface area contributed by atoms with Gasteiger partial charge < -0.3 is 10.6 Å². The summed E-state index contributed by atoms with van der Waals surface area (Å²) in [4.78, 5) is 16.6. The zero-order valence-corrected chi connectivity index (χ0v) is 16.1. The number of carbonyl (C=O) groups is 1. The van der Waals surface area contributed by atoms with Gasteiger partial charge >= 0.3 is 6.03 Å². The summed E-state index contributed by atoms with van der Waals surface area (Å²) in [7, 11) is -3.38. The lowest BCUT2D eigenvalue weighted by molar-refractivity contribution is 0.249. The molecule has 1 aromatic heterocycles. The van der Waals surface area contributed by atoms with Gasteiger partial charge in [0.05, 0.1) is 11.9 Å². The minimum absolute atomic E-state index is 0.110. The second kappa shape index (κ2) is 8.18. The Hall–Kier alpha value is -2.61. The molecule has 3 N–H and O–H groups in total. The number of anilines is 2. The normalized spacial score (nSPS) is 12.3. The molecule has 0 spiro atoms. The first kappa shape index (κ1) is 19.7. The summed E-state index contributed by atoms with van der Waals surface area (Å²) in [5.41, 5.74) is 3.78. The number of benzene rings is 1. The molecule has 0 bridgehead atoms. The van der Waals surface area contributed by atoms with Crippen molar-refractivity contribution in [2.75, 3.05) is 16.3 Å². The van der Waals surface area contributed by atoms with Gasteiger partial charge in [-0.15, -0.1) is 0 Å². The lowest BCUT2D eigenvalue weighted by Crippen LogP contribution is -2.37. The van der Waals surface area contributed by atoms with Crippen LogP contribution in [-0.2, 0) is 16.4 Å². The van der Waals surface area contributed by atoms with Crippen molar-refractivity contribution in [3.63, 3.8) is 0 Å². The zero-order chi connectivity index (χ0) is 19.3. The first-order chi connectivity index (χ1) is 12.1. The van der Waals surface area contributed by atoms with Crippen molar-refractivity contribution in [3.05, 3.63) is 53.3 Å². The summed E-state index contributed by atoms with van der Waals surface area (Å²) in [5.74, 6) is 0. The first-order valence-electron chi connectivity index (χ1n) is 8.20. The second-order valence-corrected chi connectivity index (χ2v) is 8.12. The van der Waals surface area contributed by atoms with E-state index in [2.05, 4.69) is 20.3 Å². The van der Waals surface area contributed by atoms with E-state index >= 15 is 0 Å². The molecular weight excluding hydrogens is 352 g/mol. The summed E-state index contributed by atoms with van der Waals surface area (Å²) in [5, 5.41) is 5.63. The lowest BCUT2D eigenvalue weighted by Gasteiger charge is -2.16. The molecule has 0 saturated carbocycles. The Morgan fingerprint density at radius 2 is 1.92 bits per heavy atom. The van der Waals surface area contributed by atoms with Crippen LogP contribution < -0.4 is 15.4 Å². The van der Waals surface area contributed by atoms with Gasteiger partial charge in [0, 0.05) is 30.0 Å². The van der Waals surface area contributed by atoms with Gasteiger partial charge in [0.25, 0.3) is 0 Å². The molecule has 8 heteroatoms. The fourth-order valence-corrected chi connectivity index (χ4v) is 3.04. The predicted octanol–water partition coefficient (Wildman–Crippen LogP) is 2.82. The minimum Gasteiger partial charge on any atom is -0.335 e. The number of pyridine rings is 1. The third-order valence-electron chi connectivity index (χ3n) is 3.78. The standard InChI is InChI=1S/C18H24N4O3S/c1-12-6-5-9-19-16(12)10-14(3)20-18(23)21-17-11-15(8-7-13(17)2)22-26(4,24)25/h5-9,11,14,22H,10H2,1-4H3,(H2,20,21,23)/t14-/m0/s1. The highest BCUT2D eigenvalue weighted by atomic mass is 32.2. The predicted molar refractivity (Wildman–Crippen MR) is 104 cm³/mol. The lowest BCUT2D eigenvalue weighted by atomic mass is 10.1. The smallest absolute Gasteiger partial charge is 0.319 e. The van der Waals surface area contributed by atoms with Crippen LogP contribution in [0.15, 0.2) is 36.5 Å². The van der Waals surface area contributed by atoms with Gasteiger partial charge in [-0.1, -0.05) is 12.1 Å². The molecule has 2 amide bonds. The molecule has 2 aromatic rings. The van der Waals surface area contributed by atoms with Crippen molar-refractivity contribution < 1.29 is 13.2 Å². The van der Waals surface area contributed by atoms with E-state index in [-0.39, 0.29) is 12.1 Å². The monoisotopic (exact) mass is 376 g/mol. The van der Waals surface area contributed by atoms with Crippen LogP contribution in [0.1, 0.15) is 23.7 Å². The Morgan fingerprint density at radius 1 is 1.19 bits per heavy atom. The van der Waals surface area contributed by atoms with Crippen LogP contribution in [0.25, 0.3) is 0 Å². The van der Waals surface area contributed by atoms with Gasteiger partial charge in [-0.2, -0.15) is 0 Å². The largest absolute Gasteiger partial charge is 0.335 e. The summed E-state index contributed by atoms with van der Waals surface area (Å²) in [6.07, 6.45) is 3.43. The molecule has 0 aliphatic carbocycles. The summed E-state index contributed by atoms with van der Waals surface area (Å²) >= 11 is 0. The summed E-state index contributed by atoms with van der Waals surface area (Å²) < 4.78 is 25.1. The van der Waals surface area contributed by atoms with Crippen molar-refractivity contribution in [2.24, 2.45) is 0 Å². The van der Waals surface area contributed by atoms with E-state index in [4.69, 9.17) is 0 Å². The molecule has 26 heavy (non-hydrogen) atoms. The highest BCUT2D eigenvalue weighted by Gasteiger charge is 2.12. The molecule has 140 valence electrons. The number of nitrogens with one attached hydrogen (secondary N) is 3. The van der Waals surface area contributed by atoms with Crippen LogP contribution in [-0.4, -0.2) is 31.7 Å². The van der Waals surface area contributed by atoms with Crippen LogP contribution in [0.2, 0.25) is 0 Å². The molecule has 0 aliphatic heterocycles. The number of sulfonamides is 1. The van der Waals surface area contributed by atoms with E-state index in [1.54, 1.807) is 24.4 Å². The quantitative estimate of drug-likeness (QED) is 0.722. The van der Waals surface area contributed by atoms with Gasteiger partial charge in [-0.25, -0.2) is 13.2 Å². The van der Waals surface area contributed by atoms with E-state index < -0.39 is 10.0 Å². The molecular formula is C18H24N4O3S. The molecule has 2 rings (SSSR count). The summed E-state index contributed by atoms with van der Waals surface area (Å²) in [6, 6.07) is 8.37. The van der Waals surface area contributed by atoms with Gasteiger partial charge in [0.2, 0.25) is 10.0 Å². The Balaban J connectivity index is 2.01. The molecule has 1 atom stereocenters. The number of hydrogen-bond acceptors (Lipinski definition) is 4. The number of aromatic nitrogens is 1. The van der Waals surface area contributed by atoms with Crippen LogP contribution in [0, 0.1) is 13.8 Å². The van der Waals surface area contributed by atoms with E-state index in [1.807, 2.05) is 32.9 Å². The van der Waals surface area contributed by atoms with E-state index in [9.17, 15) is 13.2 Å². The number of carbonyl (C=O) groups excluding carboxylic acids is 1. The highest BCUT2D eigenvalue weighted by molar-refractivity contribution is 7.92. The van der Waals surface area contributed by atoms with Crippen molar-refractivity contribution in [2.45, 2.75) is 33.2 Å². The average Bonchev–Trinajstić information content (AvgIpc) is 2.51. The number of hydrogen-bond donors (Lipinski definition) is 3. The molecule has 0 aliphatic rings. The molecule has 0 radical (unpaired) electrons. The Labute approximate surface area is 154 Å². The van der Waals surface area contributed by atoms with E-state index in [1.165, 1.54) is 0 Å². The maximum atomic E-state index is 12.3. The van der Waals surface area contributed by atoms with Crippen LogP contribution >= 0.6 is 0 Å². The third kappa shape index (κ3) is 6.03. The van der Waals surface area contributed by atoms with Gasteiger partial charge in [0.1, 0.15) is 0 Å². The number of urea groups is 1. The molecule has 0 fully saturated rings. The molecule has 1 heterocycles. The fraction of sp³-hybridized carbons (Fsp3) is 0.333. The van der Waals surface area contributed by atoms with Crippen molar-refractivity contribution in [1.29, 1.82) is 0 Å². The van der Waals surface area contributed by atoms with E-state index in [0.717, 1.165) is 23.1 Å². The fourth-order valence-electron chi connectivity index (χ4n) is 2.49. The third-order valence-corrected chi connectivity index (χ3v) is 4.39. The average molecular weight is 376 g/mol. The molecule has 0 unspecified atom stereocenters. The van der Waals surface area contributed by atoms with Crippen molar-refractivity contribution in [1.82, 2.24) is 10.3 Å². The highest BCUT2D eigenvalue weighted by Crippen LogP contribution is 2.21. The van der Waals surface area contributed by atoms with Crippen molar-refractivity contribution in [3.8, 4) is 0 Å². The van der Waals surface area contributed by atoms with Crippen LogP contribution in [0.5, 0.6) is 0 Å². The molecule has 0 saturated heterocycles. The van der Waals surface area contributed by atoms with Gasteiger partial charge in [-0.3, -0.25) is 9.71 Å². The number of amides is 2. The van der Waals surface area contributed by atoms with Crippen LogP contribution in [0.3, 0.4) is 0 Å². The Kier molecular flexibility index (Phi) is 6.20. The first-order valence-corrected chi connectivity index (χ1v) is 10.1. The van der Waals surface area contributed by atoms with Gasteiger partial charge in [-0.05, 0) is 50.1 Å². The SMILES string of the molecule is Cc1ccc(NS(C)(=O)=O)cc1NC(=O)N[C@@H](C)Cc1ncccc1C. The summed E-state index contributed by atoms with van der Waals surface area (Å²) in [6.45, 7) is 5.72. The topological polar surface area (TPSA) is 100 Å². The van der Waals surface area contributed by atoms with E-state index in [0.29, 0.717) is 17.8 Å². The van der Waals surface area contributed by atoms with Crippen LogP contribution in [0.4, 0.5) is 16.2 Å². The Bertz CT molecular complexity index is 897.